The fourth-order valence-corrected chi connectivity index (χ4v) is 5.50. The zero-order valence-corrected chi connectivity index (χ0v) is 23.8. The summed E-state index contributed by atoms with van der Waals surface area (Å²) in [6.07, 6.45) is 9.85. The van der Waals surface area contributed by atoms with Crippen LogP contribution in [0.4, 0.5) is 27.5 Å². The van der Waals surface area contributed by atoms with Gasteiger partial charge in [0.1, 0.15) is 29.9 Å². The lowest BCUT2D eigenvalue weighted by Gasteiger charge is -2.46. The standard InChI is InChI=1S/C29H38FN7O4/c1-4-10-36-11-8-19(9-12-36)37-23(5-2)28(40)35(3)24-17-31-29(34-26(24)37)33-22-16-21(30)20(15-25(22)41-14-13-38)27(39)32-18-6-7-18/h4,10,15-19,23,38H,5-9,11-14H2,1-3H3,(H,32,39)(H,31,33,34)/t23-/m1/s1. The number of hydrogen-bond acceptors (Lipinski definition) is 9. The molecule has 1 saturated carbocycles. The number of aliphatic hydroxyl groups is 1. The van der Waals surface area contributed by atoms with E-state index in [4.69, 9.17) is 9.72 Å². The molecule has 41 heavy (non-hydrogen) atoms. The van der Waals surface area contributed by atoms with Gasteiger partial charge in [-0.1, -0.05) is 13.0 Å². The smallest absolute Gasteiger partial charge is 0.254 e. The number of hydrogen-bond donors (Lipinski definition) is 3. The van der Waals surface area contributed by atoms with E-state index in [-0.39, 0.29) is 60.2 Å². The van der Waals surface area contributed by atoms with E-state index in [0.29, 0.717) is 17.9 Å². The van der Waals surface area contributed by atoms with E-state index in [1.807, 2.05) is 19.9 Å². The highest BCUT2D eigenvalue weighted by Crippen LogP contribution is 2.39. The summed E-state index contributed by atoms with van der Waals surface area (Å²) >= 11 is 0. The van der Waals surface area contributed by atoms with Crippen LogP contribution in [0.25, 0.3) is 0 Å². The molecule has 0 spiro atoms. The number of nitrogens with one attached hydrogen (secondary N) is 2. The average molecular weight is 568 g/mol. The lowest BCUT2D eigenvalue weighted by atomic mass is 9.97. The van der Waals surface area contributed by atoms with Crippen LogP contribution in [0, 0.1) is 5.82 Å². The van der Waals surface area contributed by atoms with Crippen LogP contribution in [-0.4, -0.2) is 83.3 Å². The van der Waals surface area contributed by atoms with E-state index in [1.165, 1.54) is 12.1 Å². The van der Waals surface area contributed by atoms with Crippen molar-refractivity contribution in [3.8, 4) is 5.75 Å². The summed E-state index contributed by atoms with van der Waals surface area (Å²) in [6.45, 7) is 5.46. The number of amides is 2. The molecule has 1 aromatic heterocycles. The minimum absolute atomic E-state index is 0.00187. The van der Waals surface area contributed by atoms with Crippen molar-refractivity contribution in [3.05, 3.63) is 42.0 Å². The number of ether oxygens (including phenoxy) is 1. The van der Waals surface area contributed by atoms with E-state index in [2.05, 4.69) is 31.6 Å². The van der Waals surface area contributed by atoms with Gasteiger partial charge in [0.15, 0.2) is 5.82 Å². The molecule has 3 aliphatic rings. The largest absolute Gasteiger partial charge is 0.489 e. The first-order chi connectivity index (χ1) is 19.8. The van der Waals surface area contributed by atoms with Crippen molar-refractivity contribution >= 4 is 35.0 Å². The maximum atomic E-state index is 15.1. The Balaban J connectivity index is 1.47. The molecule has 0 radical (unpaired) electrons. The van der Waals surface area contributed by atoms with E-state index in [0.717, 1.165) is 38.8 Å². The monoisotopic (exact) mass is 567 g/mol. The number of aromatic nitrogens is 2. The number of carbonyl (C=O) groups excluding carboxylic acids is 2. The van der Waals surface area contributed by atoms with Gasteiger partial charge in [-0.3, -0.25) is 9.59 Å². The van der Waals surface area contributed by atoms with Gasteiger partial charge in [0.05, 0.1) is 24.1 Å². The van der Waals surface area contributed by atoms with Crippen LogP contribution < -0.4 is 25.2 Å². The van der Waals surface area contributed by atoms with E-state index >= 15 is 4.39 Å². The zero-order chi connectivity index (χ0) is 29.1. The Bertz CT molecular complexity index is 1310. The fraction of sp³-hybridized carbons (Fsp3) is 0.517. The van der Waals surface area contributed by atoms with Gasteiger partial charge in [-0.05, 0) is 51.3 Å². The molecular formula is C29H38FN7O4. The molecule has 3 heterocycles. The molecule has 2 aromatic rings. The highest BCUT2D eigenvalue weighted by molar-refractivity contribution is 6.04. The number of nitrogens with zero attached hydrogens (tertiary/aromatic N) is 5. The number of anilines is 4. The van der Waals surface area contributed by atoms with Crippen molar-refractivity contribution < 1.29 is 23.8 Å². The molecule has 2 amide bonds. The summed E-state index contributed by atoms with van der Waals surface area (Å²) in [5.74, 6) is -0.201. The number of rotatable bonds is 10. The predicted octanol–water partition coefficient (Wildman–Crippen LogP) is 3.18. The Hall–Kier alpha value is -3.93. The van der Waals surface area contributed by atoms with E-state index in [9.17, 15) is 14.7 Å². The number of halogens is 1. The van der Waals surface area contributed by atoms with Crippen LogP contribution in [0.3, 0.4) is 0 Å². The molecule has 12 heteroatoms. The lowest BCUT2D eigenvalue weighted by molar-refractivity contribution is -0.120. The number of allylic oxidation sites excluding steroid dienone is 1. The summed E-state index contributed by atoms with van der Waals surface area (Å²) < 4.78 is 20.8. The molecule has 220 valence electrons. The van der Waals surface area contributed by atoms with Crippen molar-refractivity contribution in [1.82, 2.24) is 20.2 Å². The quantitative estimate of drug-likeness (QED) is 0.397. The molecule has 0 bridgehead atoms. The van der Waals surface area contributed by atoms with Crippen molar-refractivity contribution in [2.24, 2.45) is 0 Å². The van der Waals surface area contributed by atoms with Gasteiger partial charge in [-0.25, -0.2) is 9.37 Å². The minimum Gasteiger partial charge on any atom is -0.489 e. The van der Waals surface area contributed by atoms with Crippen molar-refractivity contribution in [1.29, 1.82) is 0 Å². The molecule has 1 saturated heterocycles. The third-order valence-electron chi connectivity index (χ3n) is 7.77. The third-order valence-corrected chi connectivity index (χ3v) is 7.77. The second-order valence-electron chi connectivity index (χ2n) is 10.7. The van der Waals surface area contributed by atoms with Gasteiger partial charge in [0, 0.05) is 38.3 Å². The number of aliphatic hydroxyl groups excluding tert-OH is 1. The molecule has 3 N–H and O–H groups in total. The van der Waals surface area contributed by atoms with Gasteiger partial charge in [-0.15, -0.1) is 0 Å². The summed E-state index contributed by atoms with van der Waals surface area (Å²) in [4.78, 5) is 41.2. The first-order valence-corrected chi connectivity index (χ1v) is 14.3. The Labute approximate surface area is 239 Å². The Morgan fingerprint density at radius 2 is 2.00 bits per heavy atom. The maximum absolute atomic E-state index is 15.1. The Kier molecular flexibility index (Phi) is 8.57. The maximum Gasteiger partial charge on any atom is 0.254 e. The number of likely N-dealkylation sites (N-methyl/N-ethyl adjacent to an activating group) is 1. The summed E-state index contributed by atoms with van der Waals surface area (Å²) in [6, 6.07) is 2.33. The van der Waals surface area contributed by atoms with Crippen molar-refractivity contribution in [3.63, 3.8) is 0 Å². The van der Waals surface area contributed by atoms with Crippen molar-refractivity contribution in [2.75, 3.05) is 48.5 Å². The molecule has 2 fully saturated rings. The van der Waals surface area contributed by atoms with E-state index < -0.39 is 11.7 Å². The number of benzene rings is 1. The molecule has 1 aliphatic carbocycles. The van der Waals surface area contributed by atoms with Crippen LogP contribution in [0.5, 0.6) is 5.75 Å². The topological polar surface area (TPSA) is 123 Å². The van der Waals surface area contributed by atoms with Crippen LogP contribution in [0.2, 0.25) is 0 Å². The van der Waals surface area contributed by atoms with Gasteiger partial charge in [0.2, 0.25) is 11.9 Å². The fourth-order valence-electron chi connectivity index (χ4n) is 5.50. The SMILES string of the molecule is CC=CN1CCC(N2c3nc(Nc4cc(F)c(C(=O)NC5CC5)cc4OCCO)ncc3N(C)C(=O)[C@H]2CC)CC1. The number of likely N-dealkylation sites (tertiary alicyclic amines) is 1. The highest BCUT2D eigenvalue weighted by Gasteiger charge is 2.41. The molecule has 2 aliphatic heterocycles. The number of piperidine rings is 1. The van der Waals surface area contributed by atoms with Crippen LogP contribution in [0.15, 0.2) is 30.6 Å². The molecule has 11 nitrogen and oxygen atoms in total. The first kappa shape index (κ1) is 28.6. The third kappa shape index (κ3) is 6.07. The van der Waals surface area contributed by atoms with Crippen LogP contribution in [-0.2, 0) is 4.79 Å². The second-order valence-corrected chi connectivity index (χ2v) is 10.7. The molecule has 1 aromatic carbocycles. The van der Waals surface area contributed by atoms with Crippen LogP contribution in [0.1, 0.15) is 56.3 Å². The van der Waals surface area contributed by atoms with Crippen molar-refractivity contribution in [2.45, 2.75) is 64.1 Å². The molecule has 0 unspecified atom stereocenters. The number of carbonyl (C=O) groups is 2. The Morgan fingerprint density at radius 3 is 2.66 bits per heavy atom. The molecule has 5 rings (SSSR count). The highest BCUT2D eigenvalue weighted by atomic mass is 19.1. The normalized spacial score (nSPS) is 19.5. The summed E-state index contributed by atoms with van der Waals surface area (Å²) in [7, 11) is 1.73. The molecule has 1 atom stereocenters. The summed E-state index contributed by atoms with van der Waals surface area (Å²) in [5.41, 5.74) is 0.691. The number of fused-ring (bicyclic) bond motifs is 1. The van der Waals surface area contributed by atoms with Gasteiger partial charge < -0.3 is 35.2 Å². The van der Waals surface area contributed by atoms with Gasteiger partial charge in [-0.2, -0.15) is 4.98 Å². The Morgan fingerprint density at radius 1 is 1.24 bits per heavy atom. The van der Waals surface area contributed by atoms with E-state index in [1.54, 1.807) is 18.1 Å². The minimum atomic E-state index is -0.717. The lowest BCUT2D eigenvalue weighted by Crippen LogP contribution is -2.58. The molecular weight excluding hydrogens is 529 g/mol. The van der Waals surface area contributed by atoms with Gasteiger partial charge >= 0.3 is 0 Å². The van der Waals surface area contributed by atoms with Crippen LogP contribution >= 0.6 is 0 Å². The predicted molar refractivity (Wildman–Crippen MR) is 154 cm³/mol. The first-order valence-electron chi connectivity index (χ1n) is 14.3. The zero-order valence-electron chi connectivity index (χ0n) is 23.8. The summed E-state index contributed by atoms with van der Waals surface area (Å²) in [5, 5.41) is 15.2. The average Bonchev–Trinajstić information content (AvgIpc) is 3.79. The second kappa shape index (κ2) is 12.3. The van der Waals surface area contributed by atoms with Gasteiger partial charge in [0.25, 0.3) is 5.91 Å².